The summed E-state index contributed by atoms with van der Waals surface area (Å²) in [6.07, 6.45) is 6.17. The number of hydrogen-bond acceptors (Lipinski definition) is 3. The van der Waals surface area contributed by atoms with Crippen LogP contribution >= 0.6 is 0 Å². The molecule has 22 heavy (non-hydrogen) atoms. The van der Waals surface area contributed by atoms with Gasteiger partial charge in [0.15, 0.2) is 0 Å². The van der Waals surface area contributed by atoms with E-state index in [1.54, 1.807) is 15.8 Å². The molecule has 120 valence electrons. The first-order chi connectivity index (χ1) is 10.6. The molecule has 0 unspecified atom stereocenters. The topological polar surface area (TPSA) is 67.2 Å². The summed E-state index contributed by atoms with van der Waals surface area (Å²) >= 11 is 0. The van der Waals surface area contributed by atoms with Crippen molar-refractivity contribution in [2.24, 2.45) is 5.92 Å². The fourth-order valence-electron chi connectivity index (χ4n) is 3.39. The minimum atomic E-state index is -0.415. The molecule has 1 N–H and O–H groups in total. The van der Waals surface area contributed by atoms with E-state index >= 15 is 0 Å². The van der Waals surface area contributed by atoms with Gasteiger partial charge in [-0.25, -0.2) is 0 Å². The van der Waals surface area contributed by atoms with Crippen LogP contribution in [0.2, 0.25) is 0 Å². The van der Waals surface area contributed by atoms with E-state index < -0.39 is 6.04 Å². The van der Waals surface area contributed by atoms with Gasteiger partial charge in [0, 0.05) is 18.2 Å². The molecule has 3 rings (SSSR count). The highest BCUT2D eigenvalue weighted by Crippen LogP contribution is 2.24. The zero-order chi connectivity index (χ0) is 15.7. The van der Waals surface area contributed by atoms with E-state index in [2.05, 4.69) is 10.4 Å². The molecule has 1 saturated carbocycles. The molecule has 0 saturated heterocycles. The zero-order valence-corrected chi connectivity index (χ0v) is 13.3. The fraction of sp³-hybridized carbons (Fsp3) is 0.688. The number of rotatable bonds is 3. The number of aromatic nitrogens is 2. The minimum Gasteiger partial charge on any atom is -0.351 e. The molecule has 0 spiro atoms. The summed E-state index contributed by atoms with van der Waals surface area (Å²) in [6.45, 7) is 4.72. The van der Waals surface area contributed by atoms with Crippen molar-refractivity contribution in [3.8, 4) is 0 Å². The maximum Gasteiger partial charge on any atom is 0.246 e. The normalized spacial score (nSPS) is 22.0. The lowest BCUT2D eigenvalue weighted by molar-refractivity contribution is -0.138. The van der Waals surface area contributed by atoms with Crippen molar-refractivity contribution >= 4 is 11.8 Å². The Labute approximate surface area is 130 Å². The molecular formula is C16H24N4O2. The summed E-state index contributed by atoms with van der Waals surface area (Å²) in [4.78, 5) is 26.7. The summed E-state index contributed by atoms with van der Waals surface area (Å²) < 4.78 is 1.77. The molecule has 2 amide bonds. The van der Waals surface area contributed by atoms with Gasteiger partial charge in [-0.1, -0.05) is 26.7 Å². The molecule has 1 aromatic heterocycles. The number of carbonyl (C=O) groups is 2. The lowest BCUT2D eigenvalue weighted by Crippen LogP contribution is -2.49. The quantitative estimate of drug-likeness (QED) is 0.920. The van der Waals surface area contributed by atoms with Crippen LogP contribution in [0.4, 0.5) is 0 Å². The Morgan fingerprint density at radius 2 is 2.05 bits per heavy atom. The summed E-state index contributed by atoms with van der Waals surface area (Å²) in [7, 11) is 0. The third kappa shape index (κ3) is 2.87. The highest BCUT2D eigenvalue weighted by molar-refractivity contribution is 5.83. The molecule has 1 fully saturated rings. The highest BCUT2D eigenvalue weighted by Gasteiger charge is 2.34. The van der Waals surface area contributed by atoms with Crippen molar-refractivity contribution in [2.75, 3.05) is 6.54 Å². The second kappa shape index (κ2) is 6.10. The second-order valence-electron chi connectivity index (χ2n) is 6.65. The number of hydrogen-bond donors (Lipinski definition) is 1. The van der Waals surface area contributed by atoms with E-state index in [-0.39, 0.29) is 23.8 Å². The highest BCUT2D eigenvalue weighted by atomic mass is 16.2. The van der Waals surface area contributed by atoms with Gasteiger partial charge in [-0.15, -0.1) is 0 Å². The molecule has 1 aromatic rings. The zero-order valence-electron chi connectivity index (χ0n) is 13.3. The van der Waals surface area contributed by atoms with Crippen LogP contribution in [0.5, 0.6) is 0 Å². The first-order valence-electron chi connectivity index (χ1n) is 8.18. The SMILES string of the molecule is CC(C)C(=O)N1Cc2ccnn2[C@@H](C(=O)NC2CCCC2)C1. The van der Waals surface area contributed by atoms with E-state index in [1.807, 2.05) is 19.9 Å². The van der Waals surface area contributed by atoms with Gasteiger partial charge in [0.1, 0.15) is 6.04 Å². The van der Waals surface area contributed by atoms with Crippen LogP contribution in [0.15, 0.2) is 12.3 Å². The lowest BCUT2D eigenvalue weighted by Gasteiger charge is -2.34. The van der Waals surface area contributed by atoms with E-state index in [9.17, 15) is 9.59 Å². The predicted octanol–water partition coefficient (Wildman–Crippen LogP) is 1.48. The molecule has 2 heterocycles. The van der Waals surface area contributed by atoms with E-state index in [0.717, 1.165) is 18.5 Å². The van der Waals surface area contributed by atoms with Crippen molar-refractivity contribution in [1.82, 2.24) is 20.0 Å². The molecular weight excluding hydrogens is 280 g/mol. The van der Waals surface area contributed by atoms with Crippen molar-refractivity contribution in [1.29, 1.82) is 0 Å². The van der Waals surface area contributed by atoms with Gasteiger partial charge in [0.25, 0.3) is 0 Å². The van der Waals surface area contributed by atoms with Crippen LogP contribution in [-0.4, -0.2) is 39.1 Å². The predicted molar refractivity (Wildman–Crippen MR) is 81.9 cm³/mol. The van der Waals surface area contributed by atoms with Gasteiger partial charge in [-0.05, 0) is 18.9 Å². The second-order valence-corrected chi connectivity index (χ2v) is 6.65. The number of nitrogens with one attached hydrogen (secondary N) is 1. The van der Waals surface area contributed by atoms with Gasteiger partial charge >= 0.3 is 0 Å². The first kappa shape index (κ1) is 15.1. The van der Waals surface area contributed by atoms with Crippen molar-refractivity contribution in [3.05, 3.63) is 18.0 Å². The van der Waals surface area contributed by atoms with Crippen LogP contribution in [0.1, 0.15) is 51.3 Å². The van der Waals surface area contributed by atoms with Crippen LogP contribution in [0.25, 0.3) is 0 Å². The Bertz CT molecular complexity index is 560. The molecule has 2 aliphatic rings. The Kier molecular flexibility index (Phi) is 4.18. The Morgan fingerprint density at radius 1 is 1.32 bits per heavy atom. The van der Waals surface area contributed by atoms with Crippen LogP contribution in [0, 0.1) is 5.92 Å². The van der Waals surface area contributed by atoms with Crippen molar-refractivity contribution in [2.45, 2.75) is 58.2 Å². The molecule has 1 aliphatic carbocycles. The van der Waals surface area contributed by atoms with Crippen molar-refractivity contribution in [3.63, 3.8) is 0 Å². The van der Waals surface area contributed by atoms with E-state index in [0.29, 0.717) is 13.1 Å². The largest absolute Gasteiger partial charge is 0.351 e. The number of nitrogens with zero attached hydrogens (tertiary/aromatic N) is 3. The Balaban J connectivity index is 1.77. The van der Waals surface area contributed by atoms with Crippen molar-refractivity contribution < 1.29 is 9.59 Å². The summed E-state index contributed by atoms with van der Waals surface area (Å²) in [5.41, 5.74) is 0.923. The Morgan fingerprint density at radius 3 is 2.73 bits per heavy atom. The fourth-order valence-corrected chi connectivity index (χ4v) is 3.39. The molecule has 6 heteroatoms. The standard InChI is InChI=1S/C16H24N4O2/c1-11(2)16(22)19-9-13-7-8-17-20(13)14(10-19)15(21)18-12-5-3-4-6-12/h7-8,11-12,14H,3-6,9-10H2,1-2H3,(H,18,21)/t14-/m1/s1. The summed E-state index contributed by atoms with van der Waals surface area (Å²) in [5.74, 6) is 0.0113. The van der Waals surface area contributed by atoms with Gasteiger partial charge in [-0.3, -0.25) is 14.3 Å². The third-order valence-electron chi connectivity index (χ3n) is 4.60. The minimum absolute atomic E-state index is 0.0156. The van der Waals surface area contributed by atoms with Gasteiger partial charge in [0.2, 0.25) is 11.8 Å². The van der Waals surface area contributed by atoms with Gasteiger partial charge < -0.3 is 10.2 Å². The average Bonchev–Trinajstić information content (AvgIpc) is 3.15. The monoisotopic (exact) mass is 304 g/mol. The van der Waals surface area contributed by atoms with Gasteiger partial charge in [-0.2, -0.15) is 5.10 Å². The molecule has 6 nitrogen and oxygen atoms in total. The first-order valence-corrected chi connectivity index (χ1v) is 8.18. The smallest absolute Gasteiger partial charge is 0.246 e. The van der Waals surface area contributed by atoms with E-state index in [1.165, 1.54) is 12.8 Å². The summed E-state index contributed by atoms with van der Waals surface area (Å²) in [6, 6.07) is 1.75. The van der Waals surface area contributed by atoms with Gasteiger partial charge in [0.05, 0.1) is 18.8 Å². The lowest BCUT2D eigenvalue weighted by atomic mass is 10.1. The molecule has 0 bridgehead atoms. The molecule has 0 aromatic carbocycles. The van der Waals surface area contributed by atoms with E-state index in [4.69, 9.17) is 0 Å². The van der Waals surface area contributed by atoms with Crippen LogP contribution in [-0.2, 0) is 16.1 Å². The average molecular weight is 304 g/mol. The molecule has 1 atom stereocenters. The number of amides is 2. The molecule has 0 radical (unpaired) electrons. The number of fused-ring (bicyclic) bond motifs is 1. The molecule has 1 aliphatic heterocycles. The Hall–Kier alpha value is -1.85. The third-order valence-corrected chi connectivity index (χ3v) is 4.60. The van der Waals surface area contributed by atoms with Crippen LogP contribution in [0.3, 0.4) is 0 Å². The maximum atomic E-state index is 12.6. The summed E-state index contributed by atoms with van der Waals surface area (Å²) in [5, 5.41) is 7.42. The maximum absolute atomic E-state index is 12.6. The number of carbonyl (C=O) groups excluding carboxylic acids is 2. The van der Waals surface area contributed by atoms with Crippen LogP contribution < -0.4 is 5.32 Å².